The number of halogens is 1. The number of esters is 1. The molecule has 42 heavy (non-hydrogen) atoms. The van der Waals surface area contributed by atoms with Crippen molar-refractivity contribution in [2.24, 2.45) is 4.99 Å². The third-order valence-electron chi connectivity index (χ3n) is 7.35. The normalized spacial score (nSPS) is 15.0. The second-order valence-corrected chi connectivity index (χ2v) is 11.3. The quantitative estimate of drug-likeness (QED) is 0.233. The molecule has 3 aromatic carbocycles. The molecule has 0 fully saturated rings. The lowest BCUT2D eigenvalue weighted by Gasteiger charge is -2.24. The second kappa shape index (κ2) is 11.5. The first-order valence-corrected chi connectivity index (χ1v) is 14.7. The summed E-state index contributed by atoms with van der Waals surface area (Å²) in [6, 6.07) is 22.5. The van der Waals surface area contributed by atoms with Gasteiger partial charge in [-0.05, 0) is 55.3 Å². The minimum atomic E-state index is -0.685. The monoisotopic (exact) mass is 597 g/mol. The van der Waals surface area contributed by atoms with Crippen LogP contribution in [-0.2, 0) is 16.1 Å². The molecule has 6 rings (SSSR count). The van der Waals surface area contributed by atoms with Gasteiger partial charge in [0.15, 0.2) is 4.80 Å². The molecule has 0 bridgehead atoms. The van der Waals surface area contributed by atoms with Gasteiger partial charge in [-0.25, -0.2) is 9.79 Å². The Kier molecular flexibility index (Phi) is 7.58. The molecule has 0 N–H and O–H groups in total. The minimum absolute atomic E-state index is 0.216. The summed E-state index contributed by atoms with van der Waals surface area (Å²) >= 11 is 7.77. The van der Waals surface area contributed by atoms with E-state index in [2.05, 4.69) is 10.6 Å². The standard InChI is InChI=1S/C33H28ClN3O4S/c1-4-41-32(39)29-20(2)35-33-37(30(29)21-13-15-24(40-3)16-14-21)31(38)28(42-33)17-23-19-36(27-12-8-6-10-25(23)27)18-22-9-5-7-11-26(22)34/h5-17,19,30H,4,18H2,1-3H3. The molecule has 3 heterocycles. The summed E-state index contributed by atoms with van der Waals surface area (Å²) in [5, 5.41) is 1.72. The lowest BCUT2D eigenvalue weighted by Crippen LogP contribution is -2.39. The minimum Gasteiger partial charge on any atom is -0.497 e. The number of hydrogen-bond donors (Lipinski definition) is 0. The topological polar surface area (TPSA) is 74.8 Å². The van der Waals surface area contributed by atoms with E-state index >= 15 is 0 Å². The summed E-state index contributed by atoms with van der Waals surface area (Å²) in [6.45, 7) is 4.35. The van der Waals surface area contributed by atoms with Crippen LogP contribution in [0.15, 0.2) is 100 Å². The third-order valence-corrected chi connectivity index (χ3v) is 8.70. The maximum absolute atomic E-state index is 14.1. The van der Waals surface area contributed by atoms with Crippen molar-refractivity contribution in [2.45, 2.75) is 26.4 Å². The van der Waals surface area contributed by atoms with Crippen molar-refractivity contribution in [2.75, 3.05) is 13.7 Å². The maximum Gasteiger partial charge on any atom is 0.338 e. The fourth-order valence-electron chi connectivity index (χ4n) is 5.37. The predicted molar refractivity (Wildman–Crippen MR) is 166 cm³/mol. The fourth-order valence-corrected chi connectivity index (χ4v) is 6.60. The lowest BCUT2D eigenvalue weighted by molar-refractivity contribution is -0.139. The van der Waals surface area contributed by atoms with E-state index in [0.29, 0.717) is 37.9 Å². The largest absolute Gasteiger partial charge is 0.497 e. The summed E-state index contributed by atoms with van der Waals surface area (Å²) in [4.78, 5) is 32.5. The zero-order valence-corrected chi connectivity index (χ0v) is 24.9. The molecule has 0 amide bonds. The van der Waals surface area contributed by atoms with Gasteiger partial charge in [0.1, 0.15) is 5.75 Å². The lowest BCUT2D eigenvalue weighted by atomic mass is 9.96. The molecule has 1 aliphatic rings. The summed E-state index contributed by atoms with van der Waals surface area (Å²) < 4.78 is 15.0. The van der Waals surface area contributed by atoms with Crippen LogP contribution in [0.2, 0.25) is 5.02 Å². The van der Waals surface area contributed by atoms with Gasteiger partial charge in [-0.2, -0.15) is 0 Å². The Balaban J connectivity index is 1.51. The maximum atomic E-state index is 14.1. The highest BCUT2D eigenvalue weighted by atomic mass is 35.5. The van der Waals surface area contributed by atoms with Crippen molar-refractivity contribution >= 4 is 45.9 Å². The number of aromatic nitrogens is 2. The van der Waals surface area contributed by atoms with E-state index in [4.69, 9.17) is 26.1 Å². The van der Waals surface area contributed by atoms with Gasteiger partial charge in [-0.1, -0.05) is 71.5 Å². The zero-order valence-electron chi connectivity index (χ0n) is 23.3. The molecule has 1 aliphatic heterocycles. The molecular weight excluding hydrogens is 570 g/mol. The Morgan fingerprint density at radius 1 is 1.07 bits per heavy atom. The van der Waals surface area contributed by atoms with Crippen molar-refractivity contribution in [3.05, 3.63) is 132 Å². The van der Waals surface area contributed by atoms with Crippen LogP contribution < -0.4 is 19.6 Å². The summed E-state index contributed by atoms with van der Waals surface area (Å²) in [5.41, 5.74) is 4.36. The molecular formula is C33H28ClN3O4S. The summed E-state index contributed by atoms with van der Waals surface area (Å²) in [5.74, 6) is 0.189. The molecule has 0 radical (unpaired) electrons. The number of carbonyl (C=O) groups is 1. The second-order valence-electron chi connectivity index (χ2n) is 9.90. The van der Waals surface area contributed by atoms with E-state index in [-0.39, 0.29) is 12.2 Å². The molecule has 1 atom stereocenters. The molecule has 5 aromatic rings. The van der Waals surface area contributed by atoms with Gasteiger partial charge in [-0.3, -0.25) is 9.36 Å². The number of allylic oxidation sites excluding steroid dienone is 1. The van der Waals surface area contributed by atoms with E-state index in [0.717, 1.165) is 27.6 Å². The Bertz CT molecular complexity index is 2040. The fraction of sp³-hybridized carbons (Fsp3) is 0.182. The number of methoxy groups -OCH3 is 1. The van der Waals surface area contributed by atoms with Crippen LogP contribution in [-0.4, -0.2) is 28.8 Å². The Labute approximate surface area is 251 Å². The Hall–Kier alpha value is -4.40. The SMILES string of the molecule is CCOC(=O)C1=C(C)N=c2sc(=Cc3cn(Cc4ccccc4Cl)c4ccccc34)c(=O)n2C1c1ccc(OC)cc1. The van der Waals surface area contributed by atoms with Gasteiger partial charge < -0.3 is 14.0 Å². The number of rotatable bonds is 7. The van der Waals surface area contributed by atoms with Crippen molar-refractivity contribution in [1.82, 2.24) is 9.13 Å². The number of hydrogen-bond acceptors (Lipinski definition) is 6. The van der Waals surface area contributed by atoms with Gasteiger partial charge in [0.05, 0.1) is 35.6 Å². The van der Waals surface area contributed by atoms with Gasteiger partial charge in [0.2, 0.25) is 0 Å². The average Bonchev–Trinajstić information content (AvgIpc) is 3.50. The van der Waals surface area contributed by atoms with Gasteiger partial charge in [0.25, 0.3) is 5.56 Å². The molecule has 0 saturated heterocycles. The van der Waals surface area contributed by atoms with Gasteiger partial charge >= 0.3 is 5.97 Å². The molecule has 7 nitrogen and oxygen atoms in total. The molecule has 0 spiro atoms. The van der Waals surface area contributed by atoms with Gasteiger partial charge in [0, 0.05) is 34.2 Å². The van der Waals surface area contributed by atoms with Crippen LogP contribution in [0.25, 0.3) is 17.0 Å². The summed E-state index contributed by atoms with van der Waals surface area (Å²) in [6.07, 6.45) is 3.95. The van der Waals surface area contributed by atoms with Crippen LogP contribution in [0.5, 0.6) is 5.75 Å². The molecule has 0 saturated carbocycles. The first-order chi connectivity index (χ1) is 20.4. The Morgan fingerprint density at radius 2 is 1.81 bits per heavy atom. The van der Waals surface area contributed by atoms with E-state index in [1.165, 1.54) is 11.3 Å². The number of carbonyl (C=O) groups excluding carboxylic acids is 1. The van der Waals surface area contributed by atoms with E-state index in [1.54, 1.807) is 25.5 Å². The number of thiazole rings is 1. The Morgan fingerprint density at radius 3 is 2.55 bits per heavy atom. The van der Waals surface area contributed by atoms with Crippen molar-refractivity contribution < 1.29 is 14.3 Å². The highest BCUT2D eigenvalue weighted by Gasteiger charge is 2.33. The van der Waals surface area contributed by atoms with Crippen LogP contribution in [0.4, 0.5) is 0 Å². The zero-order chi connectivity index (χ0) is 29.4. The van der Waals surface area contributed by atoms with Crippen LogP contribution in [0.1, 0.15) is 36.6 Å². The predicted octanol–water partition coefficient (Wildman–Crippen LogP) is 5.46. The van der Waals surface area contributed by atoms with Crippen molar-refractivity contribution in [1.29, 1.82) is 0 Å². The van der Waals surface area contributed by atoms with E-state index < -0.39 is 12.0 Å². The van der Waals surface area contributed by atoms with Crippen LogP contribution >= 0.6 is 22.9 Å². The average molecular weight is 598 g/mol. The summed E-state index contributed by atoms with van der Waals surface area (Å²) in [7, 11) is 1.59. The highest BCUT2D eigenvalue weighted by molar-refractivity contribution is 7.07. The number of para-hydroxylation sites is 1. The molecule has 212 valence electrons. The number of fused-ring (bicyclic) bond motifs is 2. The smallest absolute Gasteiger partial charge is 0.338 e. The van der Waals surface area contributed by atoms with E-state index in [1.807, 2.05) is 79.0 Å². The third kappa shape index (κ3) is 4.97. The van der Waals surface area contributed by atoms with Crippen molar-refractivity contribution in [3.63, 3.8) is 0 Å². The molecule has 2 aromatic heterocycles. The number of nitrogens with zero attached hydrogens (tertiary/aromatic N) is 3. The van der Waals surface area contributed by atoms with Crippen LogP contribution in [0.3, 0.4) is 0 Å². The highest BCUT2D eigenvalue weighted by Crippen LogP contribution is 2.32. The molecule has 0 aliphatic carbocycles. The van der Waals surface area contributed by atoms with Crippen LogP contribution in [0, 0.1) is 0 Å². The van der Waals surface area contributed by atoms with Gasteiger partial charge in [-0.15, -0.1) is 0 Å². The molecule has 1 unspecified atom stereocenters. The molecule has 9 heteroatoms. The number of benzene rings is 3. The van der Waals surface area contributed by atoms with Crippen molar-refractivity contribution in [3.8, 4) is 5.75 Å². The first-order valence-electron chi connectivity index (χ1n) is 13.5. The van der Waals surface area contributed by atoms with E-state index in [9.17, 15) is 9.59 Å². The first kappa shape index (κ1) is 27.8. The number of ether oxygens (including phenoxy) is 2.